The second-order valence-electron chi connectivity index (χ2n) is 5.41. The highest BCUT2D eigenvalue weighted by atomic mass is 16.5. The van der Waals surface area contributed by atoms with E-state index in [9.17, 15) is 0 Å². The van der Waals surface area contributed by atoms with Crippen molar-refractivity contribution < 1.29 is 14.2 Å². The summed E-state index contributed by atoms with van der Waals surface area (Å²) in [6.07, 6.45) is 5.32. The number of nitrogens with one attached hydrogen (secondary N) is 1. The molecule has 1 N–H and O–H groups in total. The van der Waals surface area contributed by atoms with Gasteiger partial charge in [-0.15, -0.1) is 0 Å². The summed E-state index contributed by atoms with van der Waals surface area (Å²) >= 11 is 0. The van der Waals surface area contributed by atoms with E-state index in [1.807, 2.05) is 0 Å². The lowest BCUT2D eigenvalue weighted by Gasteiger charge is -2.38. The minimum absolute atomic E-state index is 0.397. The van der Waals surface area contributed by atoms with Crippen molar-refractivity contribution in [3.05, 3.63) is 0 Å². The summed E-state index contributed by atoms with van der Waals surface area (Å²) in [6, 6.07) is 0. The van der Waals surface area contributed by atoms with E-state index in [1.54, 1.807) is 7.11 Å². The second kappa shape index (κ2) is 8.10. The normalized spacial score (nSPS) is 33.5. The monoisotopic (exact) mass is 257 g/mol. The van der Waals surface area contributed by atoms with Gasteiger partial charge in [0.25, 0.3) is 0 Å². The Hall–Kier alpha value is -0.160. The predicted molar refractivity (Wildman–Crippen MR) is 70.8 cm³/mol. The maximum atomic E-state index is 6.04. The number of hydrogen-bond acceptors (Lipinski definition) is 4. The molecule has 3 atom stereocenters. The highest BCUT2D eigenvalue weighted by Crippen LogP contribution is 2.30. The molecule has 0 aromatic carbocycles. The molecule has 2 saturated heterocycles. The molecule has 0 spiro atoms. The lowest BCUT2D eigenvalue weighted by Crippen LogP contribution is -2.44. The summed E-state index contributed by atoms with van der Waals surface area (Å²) < 4.78 is 16.7. The Bertz CT molecular complexity index is 219. The summed E-state index contributed by atoms with van der Waals surface area (Å²) in [5.74, 6) is 1.25. The zero-order valence-corrected chi connectivity index (χ0v) is 11.5. The number of methoxy groups -OCH3 is 1. The molecule has 18 heavy (non-hydrogen) atoms. The topological polar surface area (TPSA) is 39.7 Å². The Labute approximate surface area is 110 Å². The fourth-order valence-electron chi connectivity index (χ4n) is 3.09. The standard InChI is InChI=1S/C14H27NO3/c1-16-9-6-15-10-12-4-3-8-18-14(12)13-5-2-7-17-11-13/h12-15H,2-11H2,1H3. The highest BCUT2D eigenvalue weighted by Gasteiger charge is 2.33. The van der Waals surface area contributed by atoms with Crippen molar-refractivity contribution in [3.63, 3.8) is 0 Å². The van der Waals surface area contributed by atoms with Crippen LogP contribution >= 0.6 is 0 Å². The molecule has 0 aromatic heterocycles. The summed E-state index contributed by atoms with van der Waals surface area (Å²) in [7, 11) is 1.74. The van der Waals surface area contributed by atoms with E-state index in [1.165, 1.54) is 25.7 Å². The van der Waals surface area contributed by atoms with Gasteiger partial charge in [-0.3, -0.25) is 0 Å². The SMILES string of the molecule is COCCNCC1CCCOC1C1CCCOC1. The molecule has 2 rings (SSSR count). The van der Waals surface area contributed by atoms with E-state index in [2.05, 4.69) is 5.32 Å². The zero-order valence-electron chi connectivity index (χ0n) is 11.5. The van der Waals surface area contributed by atoms with Gasteiger partial charge < -0.3 is 19.5 Å². The Morgan fingerprint density at radius 1 is 1.22 bits per heavy atom. The van der Waals surface area contributed by atoms with Crippen LogP contribution in [0.5, 0.6) is 0 Å². The van der Waals surface area contributed by atoms with E-state index in [4.69, 9.17) is 14.2 Å². The largest absolute Gasteiger partial charge is 0.383 e. The second-order valence-corrected chi connectivity index (χ2v) is 5.41. The first-order chi connectivity index (χ1) is 8.92. The first-order valence-electron chi connectivity index (χ1n) is 7.31. The minimum Gasteiger partial charge on any atom is -0.383 e. The van der Waals surface area contributed by atoms with Gasteiger partial charge in [-0.25, -0.2) is 0 Å². The molecule has 0 radical (unpaired) electrons. The molecule has 0 aromatic rings. The smallest absolute Gasteiger partial charge is 0.0665 e. The van der Waals surface area contributed by atoms with Crippen LogP contribution in [0.1, 0.15) is 25.7 Å². The van der Waals surface area contributed by atoms with Crippen LogP contribution in [0.4, 0.5) is 0 Å². The lowest BCUT2D eigenvalue weighted by molar-refractivity contribution is -0.0952. The molecule has 2 aliphatic rings. The van der Waals surface area contributed by atoms with Crippen molar-refractivity contribution >= 4 is 0 Å². The third kappa shape index (κ3) is 4.19. The van der Waals surface area contributed by atoms with Crippen LogP contribution in [0.3, 0.4) is 0 Å². The first kappa shape index (κ1) is 14.3. The zero-order chi connectivity index (χ0) is 12.6. The molecule has 2 aliphatic heterocycles. The number of ether oxygens (including phenoxy) is 3. The van der Waals surface area contributed by atoms with E-state index in [0.29, 0.717) is 17.9 Å². The fraction of sp³-hybridized carbons (Fsp3) is 1.00. The Morgan fingerprint density at radius 3 is 2.89 bits per heavy atom. The molecule has 2 heterocycles. The van der Waals surface area contributed by atoms with Gasteiger partial charge in [0.15, 0.2) is 0 Å². The predicted octanol–water partition coefficient (Wildman–Crippen LogP) is 1.44. The van der Waals surface area contributed by atoms with Crippen LogP contribution in [0.2, 0.25) is 0 Å². The minimum atomic E-state index is 0.397. The molecule has 2 fully saturated rings. The fourth-order valence-corrected chi connectivity index (χ4v) is 3.09. The van der Waals surface area contributed by atoms with Crippen LogP contribution < -0.4 is 5.32 Å². The summed E-state index contributed by atoms with van der Waals surface area (Å²) in [6.45, 7) is 5.51. The third-order valence-electron chi connectivity index (χ3n) is 4.04. The molecule has 0 amide bonds. The Balaban J connectivity index is 1.77. The van der Waals surface area contributed by atoms with Gasteiger partial charge in [-0.2, -0.15) is 0 Å². The van der Waals surface area contributed by atoms with E-state index >= 15 is 0 Å². The number of rotatable bonds is 6. The summed E-state index contributed by atoms with van der Waals surface area (Å²) in [5.41, 5.74) is 0. The average Bonchev–Trinajstić information content (AvgIpc) is 2.45. The molecular weight excluding hydrogens is 230 g/mol. The maximum absolute atomic E-state index is 6.04. The maximum Gasteiger partial charge on any atom is 0.0665 e. The molecule has 4 heteroatoms. The van der Waals surface area contributed by atoms with Gasteiger partial charge in [0.05, 0.1) is 19.3 Å². The van der Waals surface area contributed by atoms with E-state index < -0.39 is 0 Å². The molecule has 4 nitrogen and oxygen atoms in total. The van der Waals surface area contributed by atoms with E-state index in [0.717, 1.165) is 39.5 Å². The van der Waals surface area contributed by atoms with Gasteiger partial charge >= 0.3 is 0 Å². The van der Waals surface area contributed by atoms with Crippen molar-refractivity contribution in [2.24, 2.45) is 11.8 Å². The van der Waals surface area contributed by atoms with Crippen LogP contribution in [0, 0.1) is 11.8 Å². The first-order valence-corrected chi connectivity index (χ1v) is 7.31. The Morgan fingerprint density at radius 2 is 2.11 bits per heavy atom. The molecule has 0 saturated carbocycles. The van der Waals surface area contributed by atoms with Crippen LogP contribution in [-0.2, 0) is 14.2 Å². The van der Waals surface area contributed by atoms with Gasteiger partial charge in [0.2, 0.25) is 0 Å². The lowest BCUT2D eigenvalue weighted by atomic mass is 9.83. The van der Waals surface area contributed by atoms with Crippen molar-refractivity contribution in [2.45, 2.75) is 31.8 Å². The van der Waals surface area contributed by atoms with Crippen LogP contribution in [0.15, 0.2) is 0 Å². The Kier molecular flexibility index (Phi) is 6.41. The third-order valence-corrected chi connectivity index (χ3v) is 4.04. The quantitative estimate of drug-likeness (QED) is 0.731. The van der Waals surface area contributed by atoms with Gasteiger partial charge in [-0.1, -0.05) is 0 Å². The summed E-state index contributed by atoms with van der Waals surface area (Å²) in [4.78, 5) is 0. The molecule has 0 aliphatic carbocycles. The van der Waals surface area contributed by atoms with Crippen molar-refractivity contribution in [2.75, 3.05) is 46.6 Å². The van der Waals surface area contributed by atoms with Gasteiger partial charge in [0.1, 0.15) is 0 Å². The highest BCUT2D eigenvalue weighted by molar-refractivity contribution is 4.83. The van der Waals surface area contributed by atoms with Crippen LogP contribution in [0.25, 0.3) is 0 Å². The summed E-state index contributed by atoms with van der Waals surface area (Å²) in [5, 5.41) is 3.48. The van der Waals surface area contributed by atoms with Gasteiger partial charge in [0, 0.05) is 39.3 Å². The number of hydrogen-bond donors (Lipinski definition) is 1. The molecular formula is C14H27NO3. The molecule has 106 valence electrons. The van der Waals surface area contributed by atoms with Crippen molar-refractivity contribution in [1.82, 2.24) is 5.32 Å². The van der Waals surface area contributed by atoms with E-state index in [-0.39, 0.29) is 0 Å². The van der Waals surface area contributed by atoms with Crippen molar-refractivity contribution in [1.29, 1.82) is 0 Å². The van der Waals surface area contributed by atoms with Gasteiger partial charge in [-0.05, 0) is 31.6 Å². The average molecular weight is 257 g/mol. The van der Waals surface area contributed by atoms with Crippen LogP contribution in [-0.4, -0.2) is 52.7 Å². The van der Waals surface area contributed by atoms with Crippen molar-refractivity contribution in [3.8, 4) is 0 Å². The molecule has 0 bridgehead atoms. The molecule has 3 unspecified atom stereocenters.